The highest BCUT2D eigenvalue weighted by molar-refractivity contribution is 7.92. The number of hydrogen-bond donors (Lipinski definition) is 5. The molecule has 10 heteroatoms. The van der Waals surface area contributed by atoms with Crippen molar-refractivity contribution >= 4 is 15.7 Å². The van der Waals surface area contributed by atoms with Crippen LogP contribution in [0.5, 0.6) is 5.75 Å². The summed E-state index contributed by atoms with van der Waals surface area (Å²) in [7, 11) is -3.63. The van der Waals surface area contributed by atoms with Crippen LogP contribution >= 0.6 is 0 Å². The molecule has 3 aromatic carbocycles. The van der Waals surface area contributed by atoms with Crippen LogP contribution in [0.15, 0.2) is 77.7 Å². The van der Waals surface area contributed by atoms with Crippen LogP contribution in [0.4, 0.5) is 5.69 Å². The third-order valence-electron chi connectivity index (χ3n) is 6.26. The molecule has 0 saturated carbocycles. The lowest BCUT2D eigenvalue weighted by atomic mass is 10.1. The van der Waals surface area contributed by atoms with Crippen molar-refractivity contribution in [2.45, 2.75) is 49.9 Å². The van der Waals surface area contributed by atoms with Gasteiger partial charge in [-0.3, -0.25) is 4.72 Å². The molecule has 0 aliphatic heterocycles. The molecular weight excluding hydrogens is 532 g/mol. The number of aliphatic hydroxyl groups excluding tert-OH is 2. The lowest BCUT2D eigenvalue weighted by molar-refractivity contribution is 0.0393. The normalized spacial score (nSPS) is 12.3. The topological polar surface area (TPSA) is 137 Å². The minimum absolute atomic E-state index is 0.0258. The lowest BCUT2D eigenvalue weighted by Gasteiger charge is -2.14. The Labute approximate surface area is 236 Å². The van der Waals surface area contributed by atoms with Crippen LogP contribution in [-0.2, 0) is 32.7 Å². The first kappa shape index (κ1) is 31.5. The van der Waals surface area contributed by atoms with Gasteiger partial charge in [-0.1, -0.05) is 49.2 Å². The molecule has 218 valence electrons. The van der Waals surface area contributed by atoms with Gasteiger partial charge >= 0.3 is 0 Å². The Bertz CT molecular complexity index is 1260. The van der Waals surface area contributed by atoms with E-state index in [9.17, 15) is 23.7 Å². The molecule has 9 nitrogen and oxygen atoms in total. The number of anilines is 1. The molecule has 5 N–H and O–H groups in total. The number of rotatable bonds is 19. The van der Waals surface area contributed by atoms with E-state index in [1.54, 1.807) is 60.7 Å². The zero-order valence-electron chi connectivity index (χ0n) is 22.7. The molecule has 0 amide bonds. The van der Waals surface area contributed by atoms with Crippen LogP contribution in [0.3, 0.4) is 0 Å². The first-order valence-electron chi connectivity index (χ1n) is 13.5. The summed E-state index contributed by atoms with van der Waals surface area (Å²) in [5.74, 6) is 0.0258. The van der Waals surface area contributed by atoms with Gasteiger partial charge in [-0.25, -0.2) is 8.42 Å². The molecule has 1 atom stereocenters. The molecule has 0 bridgehead atoms. The van der Waals surface area contributed by atoms with Crippen molar-refractivity contribution in [1.82, 2.24) is 5.32 Å². The van der Waals surface area contributed by atoms with E-state index in [1.165, 1.54) is 6.07 Å². The van der Waals surface area contributed by atoms with Gasteiger partial charge in [0.15, 0.2) is 0 Å². The van der Waals surface area contributed by atoms with Gasteiger partial charge in [-0.2, -0.15) is 0 Å². The van der Waals surface area contributed by atoms with E-state index < -0.39 is 16.1 Å². The second-order valence-corrected chi connectivity index (χ2v) is 11.1. The molecule has 0 heterocycles. The summed E-state index contributed by atoms with van der Waals surface area (Å²) in [4.78, 5) is 0.214. The van der Waals surface area contributed by atoms with Crippen LogP contribution in [0.1, 0.15) is 48.5 Å². The average Bonchev–Trinajstić information content (AvgIpc) is 2.96. The third-order valence-corrected chi connectivity index (χ3v) is 7.66. The fourth-order valence-corrected chi connectivity index (χ4v) is 5.12. The maximum atomic E-state index is 12.5. The molecule has 0 aliphatic carbocycles. The first-order valence-corrected chi connectivity index (χ1v) is 15.0. The Hall–Kier alpha value is -2.99. The van der Waals surface area contributed by atoms with E-state index in [0.717, 1.165) is 37.8 Å². The number of aliphatic hydroxyl groups is 2. The molecule has 0 fully saturated rings. The number of nitrogens with one attached hydrogen (secondary N) is 2. The number of benzene rings is 3. The highest BCUT2D eigenvalue weighted by Crippen LogP contribution is 2.22. The molecular formula is C30H40N2O7S. The highest BCUT2D eigenvalue weighted by Gasteiger charge is 2.13. The Kier molecular flexibility index (Phi) is 13.4. The SMILES string of the molecule is O=S(=O)(Nc1cccc(COCCOCCCCCCNC[C@H](O)c2ccc(O)c(CO)c2)c1)c1ccccc1. The monoisotopic (exact) mass is 572 g/mol. The van der Waals surface area contributed by atoms with E-state index in [4.69, 9.17) is 9.47 Å². The maximum absolute atomic E-state index is 12.5. The summed E-state index contributed by atoms with van der Waals surface area (Å²) in [6.07, 6.45) is 3.37. The minimum Gasteiger partial charge on any atom is -0.508 e. The maximum Gasteiger partial charge on any atom is 0.261 e. The van der Waals surface area contributed by atoms with Crippen LogP contribution in [-0.4, -0.2) is 56.6 Å². The molecule has 0 radical (unpaired) electrons. The predicted molar refractivity (Wildman–Crippen MR) is 154 cm³/mol. The summed E-state index contributed by atoms with van der Waals surface area (Å²) in [5, 5.41) is 32.4. The minimum atomic E-state index is -3.63. The van der Waals surface area contributed by atoms with Gasteiger partial charge in [0.2, 0.25) is 0 Å². The molecule has 0 spiro atoms. The van der Waals surface area contributed by atoms with Crippen molar-refractivity contribution in [3.8, 4) is 5.75 Å². The largest absolute Gasteiger partial charge is 0.508 e. The predicted octanol–water partition coefficient (Wildman–Crippen LogP) is 4.10. The second-order valence-electron chi connectivity index (χ2n) is 9.46. The average molecular weight is 573 g/mol. The van der Waals surface area contributed by atoms with E-state index in [-0.39, 0.29) is 17.3 Å². The Morgan fingerprint density at radius 1 is 0.825 bits per heavy atom. The third kappa shape index (κ3) is 10.9. The van der Waals surface area contributed by atoms with Crippen molar-refractivity contribution in [2.24, 2.45) is 0 Å². The van der Waals surface area contributed by atoms with Crippen molar-refractivity contribution in [3.05, 3.63) is 89.5 Å². The Morgan fingerprint density at radius 3 is 2.40 bits per heavy atom. The summed E-state index contributed by atoms with van der Waals surface area (Å²) >= 11 is 0. The van der Waals surface area contributed by atoms with Gasteiger partial charge in [-0.05, 0) is 66.9 Å². The summed E-state index contributed by atoms with van der Waals surface area (Å²) < 4.78 is 38.9. The fraction of sp³-hybridized carbons (Fsp3) is 0.400. The van der Waals surface area contributed by atoms with Gasteiger partial charge in [0.05, 0.1) is 37.4 Å². The van der Waals surface area contributed by atoms with Crippen LogP contribution < -0.4 is 10.0 Å². The zero-order chi connectivity index (χ0) is 28.6. The number of phenols is 1. The lowest BCUT2D eigenvalue weighted by Crippen LogP contribution is -2.22. The van der Waals surface area contributed by atoms with Crippen LogP contribution in [0.2, 0.25) is 0 Å². The standard InChI is InChI=1S/C30H40N2O7S/c33-22-26-20-25(13-14-29(26)34)30(35)21-31-15-6-1-2-7-16-38-17-18-39-23-24-9-8-10-27(19-24)32-40(36,37)28-11-4-3-5-12-28/h3-5,8-14,19-20,30-35H,1-2,6-7,15-18,21-23H2/t30-/m0/s1. The van der Waals surface area contributed by atoms with E-state index in [1.807, 2.05) is 6.07 Å². The van der Waals surface area contributed by atoms with Gasteiger partial charge in [0, 0.05) is 24.4 Å². The molecule has 0 aliphatic rings. The first-order chi connectivity index (χ1) is 19.4. The van der Waals surface area contributed by atoms with Gasteiger partial charge < -0.3 is 30.1 Å². The number of hydrogen-bond acceptors (Lipinski definition) is 8. The van der Waals surface area contributed by atoms with Gasteiger partial charge in [0.1, 0.15) is 5.75 Å². The number of aromatic hydroxyl groups is 1. The molecule has 3 rings (SSSR count). The summed E-state index contributed by atoms with van der Waals surface area (Å²) in [5.41, 5.74) is 2.42. The number of sulfonamides is 1. The molecule has 0 saturated heterocycles. The van der Waals surface area contributed by atoms with E-state index in [0.29, 0.717) is 49.8 Å². The van der Waals surface area contributed by atoms with Crippen molar-refractivity contribution in [2.75, 3.05) is 37.6 Å². The molecule has 3 aromatic rings. The van der Waals surface area contributed by atoms with Crippen LogP contribution in [0.25, 0.3) is 0 Å². The van der Waals surface area contributed by atoms with E-state index >= 15 is 0 Å². The molecule has 40 heavy (non-hydrogen) atoms. The van der Waals surface area contributed by atoms with Crippen LogP contribution in [0, 0.1) is 0 Å². The highest BCUT2D eigenvalue weighted by atomic mass is 32.2. The Balaban J connectivity index is 1.18. The summed E-state index contributed by atoms with van der Waals surface area (Å²) in [6.45, 7) is 2.91. The quantitative estimate of drug-likeness (QED) is 0.135. The smallest absolute Gasteiger partial charge is 0.261 e. The van der Waals surface area contributed by atoms with Crippen molar-refractivity contribution in [1.29, 1.82) is 0 Å². The van der Waals surface area contributed by atoms with Gasteiger partial charge in [0.25, 0.3) is 10.0 Å². The Morgan fingerprint density at radius 2 is 1.60 bits per heavy atom. The number of ether oxygens (including phenoxy) is 2. The van der Waals surface area contributed by atoms with Gasteiger partial charge in [-0.15, -0.1) is 0 Å². The number of unbranched alkanes of at least 4 members (excludes halogenated alkanes) is 3. The van der Waals surface area contributed by atoms with Crippen molar-refractivity contribution in [3.63, 3.8) is 0 Å². The fourth-order valence-electron chi connectivity index (χ4n) is 4.05. The van der Waals surface area contributed by atoms with Crippen molar-refractivity contribution < 1.29 is 33.2 Å². The molecule has 0 aromatic heterocycles. The summed E-state index contributed by atoms with van der Waals surface area (Å²) in [6, 6.07) is 20.1. The molecule has 0 unspecified atom stereocenters. The van der Waals surface area contributed by atoms with E-state index in [2.05, 4.69) is 10.0 Å². The zero-order valence-corrected chi connectivity index (χ0v) is 23.5. The second kappa shape index (κ2) is 17.0.